The predicted molar refractivity (Wildman–Crippen MR) is 57.5 cm³/mol. The molecule has 1 aromatic heterocycles. The summed E-state index contributed by atoms with van der Waals surface area (Å²) in [5.41, 5.74) is 0. The zero-order valence-corrected chi connectivity index (χ0v) is 9.24. The van der Waals surface area contributed by atoms with Crippen molar-refractivity contribution in [3.63, 3.8) is 0 Å². The average molecular weight is 231 g/mol. The first-order valence-electron chi connectivity index (χ1n) is 4.63. The van der Waals surface area contributed by atoms with Crippen molar-refractivity contribution < 1.29 is 9.53 Å². The van der Waals surface area contributed by atoms with E-state index in [9.17, 15) is 4.79 Å². The van der Waals surface area contributed by atoms with Crippen molar-refractivity contribution in [2.75, 3.05) is 13.2 Å². The van der Waals surface area contributed by atoms with Crippen molar-refractivity contribution in [2.24, 2.45) is 0 Å². The summed E-state index contributed by atoms with van der Waals surface area (Å²) in [6, 6.07) is 1.75. The van der Waals surface area contributed by atoms with E-state index >= 15 is 0 Å². The summed E-state index contributed by atoms with van der Waals surface area (Å²) in [6.45, 7) is 1.60. The minimum Gasteiger partial charge on any atom is -0.381 e. The predicted octanol–water partition coefficient (Wildman–Crippen LogP) is 3.11. The summed E-state index contributed by atoms with van der Waals surface area (Å²) in [5, 5.41) is 0.740. The highest BCUT2D eigenvalue weighted by atomic mass is 35.5. The van der Waals surface area contributed by atoms with Gasteiger partial charge in [-0.3, -0.25) is 4.79 Å². The van der Waals surface area contributed by atoms with E-state index in [-0.39, 0.29) is 0 Å². The molecule has 0 aliphatic carbocycles. The van der Waals surface area contributed by atoms with Gasteiger partial charge in [-0.1, -0.05) is 11.6 Å². The number of thiophene rings is 1. The van der Waals surface area contributed by atoms with Crippen molar-refractivity contribution in [3.8, 4) is 0 Å². The minimum atomic E-state index is 0.481. The van der Waals surface area contributed by atoms with Gasteiger partial charge < -0.3 is 4.74 Å². The highest BCUT2D eigenvalue weighted by Crippen LogP contribution is 2.37. The van der Waals surface area contributed by atoms with Gasteiger partial charge in [0.05, 0.1) is 9.90 Å². The average Bonchev–Trinajstić information content (AvgIpc) is 2.61. The molecule has 0 radical (unpaired) electrons. The van der Waals surface area contributed by atoms with E-state index in [1.807, 2.05) is 0 Å². The summed E-state index contributed by atoms with van der Waals surface area (Å²) >= 11 is 7.58. The van der Waals surface area contributed by atoms with E-state index in [2.05, 4.69) is 0 Å². The molecule has 0 aromatic carbocycles. The Hall–Kier alpha value is -0.380. The first-order chi connectivity index (χ1) is 6.81. The van der Waals surface area contributed by atoms with Gasteiger partial charge in [0.25, 0.3) is 0 Å². The van der Waals surface area contributed by atoms with Crippen LogP contribution in [0.3, 0.4) is 0 Å². The second-order valence-electron chi connectivity index (χ2n) is 3.37. The van der Waals surface area contributed by atoms with Crippen LogP contribution < -0.4 is 0 Å². The molecule has 0 amide bonds. The Bertz CT molecular complexity index is 329. The van der Waals surface area contributed by atoms with E-state index in [1.54, 1.807) is 6.07 Å². The molecular weight excluding hydrogens is 220 g/mol. The molecule has 1 aromatic rings. The minimum absolute atomic E-state index is 0.481. The molecule has 1 fully saturated rings. The molecule has 0 saturated carbocycles. The third kappa shape index (κ3) is 2.00. The maximum Gasteiger partial charge on any atom is 0.160 e. The number of hydrogen-bond acceptors (Lipinski definition) is 3. The zero-order chi connectivity index (χ0) is 9.97. The van der Waals surface area contributed by atoms with Crippen molar-refractivity contribution in [1.29, 1.82) is 0 Å². The van der Waals surface area contributed by atoms with E-state index in [1.165, 1.54) is 11.3 Å². The molecule has 1 aliphatic heterocycles. The topological polar surface area (TPSA) is 26.3 Å². The molecule has 1 aliphatic rings. The lowest BCUT2D eigenvalue weighted by Crippen LogP contribution is -2.13. The van der Waals surface area contributed by atoms with Crippen molar-refractivity contribution >= 4 is 29.2 Å². The third-order valence-electron chi connectivity index (χ3n) is 2.44. The maximum absolute atomic E-state index is 10.6. The summed E-state index contributed by atoms with van der Waals surface area (Å²) in [6.07, 6.45) is 2.89. The van der Waals surface area contributed by atoms with E-state index in [4.69, 9.17) is 16.3 Å². The molecule has 1 saturated heterocycles. The standard InChI is InChI=1S/C10H11ClO2S/c11-9-5-8(6-12)14-10(9)7-1-3-13-4-2-7/h5-7H,1-4H2. The maximum atomic E-state index is 10.6. The van der Waals surface area contributed by atoms with E-state index < -0.39 is 0 Å². The fraction of sp³-hybridized carbons (Fsp3) is 0.500. The fourth-order valence-electron chi connectivity index (χ4n) is 1.70. The number of rotatable bonds is 2. The number of aldehydes is 1. The van der Waals surface area contributed by atoms with Crippen LogP contribution in [0.25, 0.3) is 0 Å². The van der Waals surface area contributed by atoms with Crippen LogP contribution in [-0.2, 0) is 4.74 Å². The third-order valence-corrected chi connectivity index (χ3v) is 4.09. The van der Waals surface area contributed by atoms with Gasteiger partial charge >= 0.3 is 0 Å². The summed E-state index contributed by atoms with van der Waals surface area (Å²) in [4.78, 5) is 12.5. The number of hydrogen-bond donors (Lipinski definition) is 0. The fourth-order valence-corrected chi connectivity index (χ4v) is 3.19. The number of halogens is 1. The molecule has 76 valence electrons. The van der Waals surface area contributed by atoms with E-state index in [0.29, 0.717) is 5.92 Å². The summed E-state index contributed by atoms with van der Waals surface area (Å²) in [7, 11) is 0. The SMILES string of the molecule is O=Cc1cc(Cl)c(C2CCOCC2)s1. The van der Waals surface area contributed by atoms with Gasteiger partial charge in [0.2, 0.25) is 0 Å². The lowest BCUT2D eigenvalue weighted by molar-refractivity contribution is 0.0860. The lowest BCUT2D eigenvalue weighted by Gasteiger charge is -2.21. The molecule has 2 rings (SSSR count). The van der Waals surface area contributed by atoms with Crippen molar-refractivity contribution in [3.05, 3.63) is 20.8 Å². The van der Waals surface area contributed by atoms with Gasteiger partial charge in [-0.15, -0.1) is 11.3 Å². The monoisotopic (exact) mass is 230 g/mol. The van der Waals surface area contributed by atoms with Crippen LogP contribution in [0.2, 0.25) is 5.02 Å². The second kappa shape index (κ2) is 4.43. The first-order valence-corrected chi connectivity index (χ1v) is 5.83. The Kier molecular flexibility index (Phi) is 3.21. The van der Waals surface area contributed by atoms with Gasteiger partial charge in [0.1, 0.15) is 0 Å². The highest BCUT2D eigenvalue weighted by Gasteiger charge is 2.20. The molecule has 0 bridgehead atoms. The Morgan fingerprint density at radius 1 is 1.50 bits per heavy atom. The zero-order valence-electron chi connectivity index (χ0n) is 7.66. The van der Waals surface area contributed by atoms with Gasteiger partial charge in [-0.2, -0.15) is 0 Å². The molecule has 0 unspecified atom stereocenters. The van der Waals surface area contributed by atoms with Gasteiger partial charge in [0.15, 0.2) is 6.29 Å². The van der Waals surface area contributed by atoms with Crippen LogP contribution in [0.4, 0.5) is 0 Å². The Morgan fingerprint density at radius 2 is 2.21 bits per heavy atom. The van der Waals surface area contributed by atoms with Crippen LogP contribution in [0.5, 0.6) is 0 Å². The lowest BCUT2D eigenvalue weighted by atomic mass is 9.99. The first kappa shape index (κ1) is 10.1. The molecule has 0 N–H and O–H groups in total. The quantitative estimate of drug-likeness (QED) is 0.730. The largest absolute Gasteiger partial charge is 0.381 e. The molecule has 4 heteroatoms. The number of carbonyl (C=O) groups excluding carboxylic acids is 1. The molecule has 14 heavy (non-hydrogen) atoms. The van der Waals surface area contributed by atoms with Gasteiger partial charge in [-0.05, 0) is 24.8 Å². The molecule has 0 atom stereocenters. The van der Waals surface area contributed by atoms with Crippen molar-refractivity contribution in [1.82, 2.24) is 0 Å². The Balaban J connectivity index is 2.20. The van der Waals surface area contributed by atoms with Crippen LogP contribution in [0.1, 0.15) is 33.3 Å². The van der Waals surface area contributed by atoms with Crippen LogP contribution in [0.15, 0.2) is 6.07 Å². The van der Waals surface area contributed by atoms with Crippen LogP contribution in [-0.4, -0.2) is 19.5 Å². The Morgan fingerprint density at radius 3 is 2.79 bits per heavy atom. The smallest absolute Gasteiger partial charge is 0.160 e. The van der Waals surface area contributed by atoms with Crippen LogP contribution >= 0.6 is 22.9 Å². The van der Waals surface area contributed by atoms with Crippen molar-refractivity contribution in [2.45, 2.75) is 18.8 Å². The molecule has 0 spiro atoms. The summed E-state index contributed by atoms with van der Waals surface area (Å²) < 4.78 is 5.29. The Labute approximate surface area is 91.8 Å². The second-order valence-corrected chi connectivity index (χ2v) is 4.89. The normalized spacial score (nSPS) is 18.4. The van der Waals surface area contributed by atoms with Gasteiger partial charge in [-0.25, -0.2) is 0 Å². The highest BCUT2D eigenvalue weighted by molar-refractivity contribution is 7.14. The molecular formula is C10H11ClO2S. The summed E-state index contributed by atoms with van der Waals surface area (Å²) in [5.74, 6) is 0.481. The molecule has 2 heterocycles. The molecule has 2 nitrogen and oxygen atoms in total. The van der Waals surface area contributed by atoms with Gasteiger partial charge in [0, 0.05) is 18.1 Å². The van der Waals surface area contributed by atoms with E-state index in [0.717, 1.165) is 47.1 Å². The van der Waals surface area contributed by atoms with Crippen LogP contribution in [0, 0.1) is 0 Å². The number of ether oxygens (including phenoxy) is 1. The number of carbonyl (C=O) groups is 1.